The fourth-order valence-electron chi connectivity index (χ4n) is 3.71. The molecule has 0 radical (unpaired) electrons. The molecule has 2 atom stereocenters. The number of ketones is 2. The molecule has 0 amide bonds. The monoisotopic (exact) mass is 370 g/mol. The third-order valence-electron chi connectivity index (χ3n) is 4.93. The van der Waals surface area contributed by atoms with E-state index < -0.39 is 40.2 Å². The van der Waals surface area contributed by atoms with Gasteiger partial charge < -0.3 is 24.8 Å². The second-order valence-corrected chi connectivity index (χ2v) is 6.49. The molecule has 2 aromatic rings. The van der Waals surface area contributed by atoms with Crippen LogP contribution in [0.5, 0.6) is 11.5 Å². The fourth-order valence-corrected chi connectivity index (χ4v) is 3.71. The lowest BCUT2D eigenvalue weighted by Crippen LogP contribution is -2.68. The number of aromatic hydroxyl groups is 1. The lowest BCUT2D eigenvalue weighted by atomic mass is 9.67. The Labute approximate surface area is 152 Å². The van der Waals surface area contributed by atoms with Gasteiger partial charge in [0.15, 0.2) is 0 Å². The Kier molecular flexibility index (Phi) is 3.28. The molecule has 138 valence electrons. The van der Waals surface area contributed by atoms with Crippen molar-refractivity contribution in [1.29, 1.82) is 0 Å². The molecular weight excluding hydrogens is 356 g/mol. The summed E-state index contributed by atoms with van der Waals surface area (Å²) in [5.41, 5.74) is -3.99. The van der Waals surface area contributed by atoms with Crippen LogP contribution in [-0.4, -0.2) is 45.8 Å². The summed E-state index contributed by atoms with van der Waals surface area (Å²) in [7, 11) is 1.26. The van der Waals surface area contributed by atoms with Crippen LogP contribution in [0.2, 0.25) is 0 Å². The van der Waals surface area contributed by atoms with Crippen molar-refractivity contribution in [2.45, 2.75) is 18.3 Å². The van der Waals surface area contributed by atoms with Crippen molar-refractivity contribution in [2.24, 2.45) is 0 Å². The number of ether oxygens (including phenoxy) is 2. The van der Waals surface area contributed by atoms with Gasteiger partial charge in [-0.3, -0.25) is 9.59 Å². The number of phenols is 1. The molecule has 0 aromatic heterocycles. The van der Waals surface area contributed by atoms with Crippen molar-refractivity contribution in [3.8, 4) is 11.5 Å². The van der Waals surface area contributed by atoms with Crippen LogP contribution in [0.4, 0.5) is 0 Å². The number of rotatable bonds is 1. The number of Topliss-reactive ketones (excluding diaryl/α,β-unsaturated/α-hetero) is 2. The zero-order valence-corrected chi connectivity index (χ0v) is 14.3. The molecule has 27 heavy (non-hydrogen) atoms. The largest absolute Gasteiger partial charge is 0.508 e. The van der Waals surface area contributed by atoms with E-state index in [9.17, 15) is 29.7 Å². The number of carbonyl (C=O) groups excluding carboxylic acids is 3. The van der Waals surface area contributed by atoms with Gasteiger partial charge >= 0.3 is 11.8 Å². The van der Waals surface area contributed by atoms with Gasteiger partial charge in [-0.1, -0.05) is 12.1 Å². The molecule has 2 aliphatic rings. The first-order valence-electron chi connectivity index (χ1n) is 7.95. The molecule has 1 heterocycles. The topological polar surface area (TPSA) is 130 Å². The number of esters is 1. The first-order valence-corrected chi connectivity index (χ1v) is 7.95. The summed E-state index contributed by atoms with van der Waals surface area (Å²) in [5.74, 6) is -7.38. The third kappa shape index (κ3) is 1.85. The molecule has 0 spiro atoms. The van der Waals surface area contributed by atoms with E-state index in [-0.39, 0.29) is 22.4 Å². The van der Waals surface area contributed by atoms with Crippen LogP contribution in [0.1, 0.15) is 42.2 Å². The Morgan fingerprint density at radius 3 is 2.41 bits per heavy atom. The van der Waals surface area contributed by atoms with Crippen LogP contribution < -0.4 is 4.74 Å². The Morgan fingerprint density at radius 2 is 1.74 bits per heavy atom. The summed E-state index contributed by atoms with van der Waals surface area (Å²) >= 11 is 0. The maximum Gasteiger partial charge on any atom is 0.341 e. The first-order chi connectivity index (χ1) is 12.7. The number of aliphatic hydroxyl groups is 2. The van der Waals surface area contributed by atoms with Gasteiger partial charge in [-0.05, 0) is 30.7 Å². The van der Waals surface area contributed by atoms with Crippen LogP contribution >= 0.6 is 0 Å². The van der Waals surface area contributed by atoms with E-state index in [2.05, 4.69) is 0 Å². The van der Waals surface area contributed by atoms with Gasteiger partial charge in [0, 0.05) is 5.56 Å². The number of hydrogen-bond donors (Lipinski definition) is 3. The molecule has 8 nitrogen and oxygen atoms in total. The highest BCUT2D eigenvalue weighted by Crippen LogP contribution is 2.52. The normalized spacial score (nSPS) is 26.0. The highest BCUT2D eigenvalue weighted by molar-refractivity contribution is 6.24. The SMILES string of the molecule is COc1cccc2c1C(=O)[C@@]1(O)OC(=O)c3cc(C)cc(O)c3[C@@]1(O)C2=O. The van der Waals surface area contributed by atoms with Gasteiger partial charge in [0.25, 0.3) is 0 Å². The third-order valence-corrected chi connectivity index (χ3v) is 4.93. The standard InChI is InChI=1S/C19H14O8/c1-8-6-10-14(11(20)7-8)18(24)15(21)9-4-3-5-12(26-2)13(9)16(22)19(18,25)27-17(10)23/h3-7,20,24-25H,1-2H3/t18-,19-/m1/s1. The Balaban J connectivity index is 2.13. The van der Waals surface area contributed by atoms with Crippen molar-refractivity contribution in [3.63, 3.8) is 0 Å². The van der Waals surface area contributed by atoms with E-state index >= 15 is 0 Å². The number of methoxy groups -OCH3 is 1. The van der Waals surface area contributed by atoms with E-state index in [0.717, 1.165) is 0 Å². The molecule has 3 N–H and O–H groups in total. The second-order valence-electron chi connectivity index (χ2n) is 6.49. The number of hydrogen-bond acceptors (Lipinski definition) is 8. The fraction of sp³-hybridized carbons (Fsp3) is 0.211. The lowest BCUT2D eigenvalue weighted by Gasteiger charge is -2.46. The van der Waals surface area contributed by atoms with Crippen LogP contribution in [0.15, 0.2) is 30.3 Å². The van der Waals surface area contributed by atoms with Gasteiger partial charge in [0.1, 0.15) is 11.5 Å². The minimum Gasteiger partial charge on any atom is -0.508 e. The summed E-state index contributed by atoms with van der Waals surface area (Å²) in [6.45, 7) is 1.58. The Morgan fingerprint density at radius 1 is 1.04 bits per heavy atom. The minimum atomic E-state index is -3.25. The van der Waals surface area contributed by atoms with Crippen molar-refractivity contribution in [2.75, 3.05) is 7.11 Å². The van der Waals surface area contributed by atoms with Crippen molar-refractivity contribution >= 4 is 17.5 Å². The minimum absolute atomic E-state index is 0.0312. The van der Waals surface area contributed by atoms with E-state index in [0.29, 0.717) is 5.56 Å². The molecule has 2 aromatic carbocycles. The van der Waals surface area contributed by atoms with Crippen LogP contribution in [-0.2, 0) is 10.3 Å². The predicted molar refractivity (Wildman–Crippen MR) is 88.8 cm³/mol. The molecule has 1 aliphatic carbocycles. The zero-order chi connectivity index (χ0) is 19.7. The molecule has 1 aliphatic heterocycles. The first kappa shape index (κ1) is 17.2. The number of fused-ring (bicyclic) bond motifs is 4. The second kappa shape index (κ2) is 5.15. The lowest BCUT2D eigenvalue weighted by molar-refractivity contribution is -0.230. The molecule has 0 saturated heterocycles. The summed E-state index contributed by atoms with van der Waals surface area (Å²) in [6.07, 6.45) is 0. The van der Waals surface area contributed by atoms with E-state index in [1.165, 1.54) is 37.4 Å². The highest BCUT2D eigenvalue weighted by atomic mass is 16.7. The maximum absolute atomic E-state index is 13.2. The van der Waals surface area contributed by atoms with Crippen LogP contribution in [0.25, 0.3) is 0 Å². The maximum atomic E-state index is 13.2. The predicted octanol–water partition coefficient (Wildman–Crippen LogP) is 0.835. The van der Waals surface area contributed by atoms with E-state index in [1.54, 1.807) is 6.92 Å². The van der Waals surface area contributed by atoms with Gasteiger partial charge in [-0.2, -0.15) is 0 Å². The molecule has 8 heteroatoms. The van der Waals surface area contributed by atoms with Crippen molar-refractivity contribution in [1.82, 2.24) is 0 Å². The van der Waals surface area contributed by atoms with Crippen LogP contribution in [0.3, 0.4) is 0 Å². The van der Waals surface area contributed by atoms with Gasteiger partial charge in [0.2, 0.25) is 17.2 Å². The van der Waals surface area contributed by atoms with Crippen molar-refractivity contribution < 1.29 is 39.2 Å². The van der Waals surface area contributed by atoms with Crippen LogP contribution in [0, 0.1) is 6.92 Å². The quantitative estimate of drug-likeness (QED) is 0.630. The van der Waals surface area contributed by atoms with E-state index in [4.69, 9.17) is 9.47 Å². The number of aryl methyl sites for hydroxylation is 1. The van der Waals surface area contributed by atoms with E-state index in [1.807, 2.05) is 0 Å². The molecular formula is C19H14O8. The molecule has 0 fully saturated rings. The van der Waals surface area contributed by atoms with Crippen molar-refractivity contribution in [3.05, 3.63) is 58.1 Å². The van der Waals surface area contributed by atoms with Gasteiger partial charge in [0.05, 0.1) is 23.8 Å². The molecule has 0 bridgehead atoms. The highest BCUT2D eigenvalue weighted by Gasteiger charge is 2.71. The van der Waals surface area contributed by atoms with Gasteiger partial charge in [-0.25, -0.2) is 4.79 Å². The van der Waals surface area contributed by atoms with Gasteiger partial charge in [-0.15, -0.1) is 0 Å². The zero-order valence-electron chi connectivity index (χ0n) is 14.3. The Bertz CT molecular complexity index is 1060. The smallest absolute Gasteiger partial charge is 0.341 e. The summed E-state index contributed by atoms with van der Waals surface area (Å²) in [5, 5.41) is 32.5. The number of phenolic OH excluding ortho intramolecular Hbond substituents is 1. The Hall–Kier alpha value is -3.23. The molecule has 0 unspecified atom stereocenters. The molecule has 0 saturated carbocycles. The number of carbonyl (C=O) groups is 3. The summed E-state index contributed by atoms with van der Waals surface area (Å²) in [6, 6.07) is 6.58. The summed E-state index contributed by atoms with van der Waals surface area (Å²) < 4.78 is 9.95. The summed E-state index contributed by atoms with van der Waals surface area (Å²) in [4.78, 5) is 38.6. The average molecular weight is 370 g/mol. The molecule has 4 rings (SSSR count). The average Bonchev–Trinajstić information content (AvgIpc) is 2.62. The number of benzene rings is 2.